The first-order valence-corrected chi connectivity index (χ1v) is 6.36. The Bertz CT molecular complexity index is 671. The van der Waals surface area contributed by atoms with Crippen molar-refractivity contribution < 1.29 is 22.8 Å². The first-order valence-electron chi connectivity index (χ1n) is 5.56. The fourth-order valence-corrected chi connectivity index (χ4v) is 1.82. The van der Waals surface area contributed by atoms with Crippen molar-refractivity contribution in [3.63, 3.8) is 0 Å². The van der Waals surface area contributed by atoms with E-state index in [0.29, 0.717) is 6.07 Å². The number of nitro groups is 1. The highest BCUT2D eigenvalue weighted by molar-refractivity contribution is 9.10. The number of benzene rings is 2. The van der Waals surface area contributed by atoms with Gasteiger partial charge in [0.05, 0.1) is 10.5 Å². The standard InChI is InChI=1S/C13H7BrF3NO3/c14-9-2-4-10(5-3-9)21-12-6-1-8(13(15,16)17)7-11(12)18(19)20/h1-7H. The summed E-state index contributed by atoms with van der Waals surface area (Å²) in [5, 5.41) is 10.9. The molecule has 0 unspecified atom stereocenters. The van der Waals surface area contributed by atoms with Crippen LogP contribution in [0.3, 0.4) is 0 Å². The quantitative estimate of drug-likeness (QED) is 0.559. The van der Waals surface area contributed by atoms with Gasteiger partial charge in [-0.25, -0.2) is 0 Å². The van der Waals surface area contributed by atoms with Crippen molar-refractivity contribution in [3.05, 3.63) is 62.6 Å². The monoisotopic (exact) mass is 361 g/mol. The molecule has 0 atom stereocenters. The maximum atomic E-state index is 12.6. The fraction of sp³-hybridized carbons (Fsp3) is 0.0769. The first-order chi connectivity index (χ1) is 9.77. The third kappa shape index (κ3) is 3.72. The van der Waals surface area contributed by atoms with Gasteiger partial charge in [-0.05, 0) is 36.4 Å². The van der Waals surface area contributed by atoms with Gasteiger partial charge in [0.2, 0.25) is 5.75 Å². The number of nitro benzene ring substituents is 1. The Kier molecular flexibility index (Phi) is 4.17. The van der Waals surface area contributed by atoms with Crippen LogP contribution in [-0.2, 0) is 6.18 Å². The molecule has 2 rings (SSSR count). The summed E-state index contributed by atoms with van der Waals surface area (Å²) in [6.07, 6.45) is -4.65. The van der Waals surface area contributed by atoms with Crippen LogP contribution in [0.2, 0.25) is 0 Å². The number of alkyl halides is 3. The summed E-state index contributed by atoms with van der Waals surface area (Å²) in [4.78, 5) is 9.98. The molecule has 0 spiro atoms. The van der Waals surface area contributed by atoms with E-state index in [9.17, 15) is 23.3 Å². The SMILES string of the molecule is O=[N+]([O-])c1cc(C(F)(F)F)ccc1Oc1ccc(Br)cc1. The largest absolute Gasteiger partial charge is 0.450 e. The number of ether oxygens (including phenoxy) is 1. The molecule has 0 radical (unpaired) electrons. The third-order valence-corrected chi connectivity index (χ3v) is 3.05. The number of halogens is 4. The van der Waals surface area contributed by atoms with Crippen LogP contribution < -0.4 is 4.74 Å². The minimum Gasteiger partial charge on any atom is -0.450 e. The molecule has 8 heteroatoms. The van der Waals surface area contributed by atoms with E-state index in [1.165, 1.54) is 12.1 Å². The van der Waals surface area contributed by atoms with E-state index in [2.05, 4.69) is 15.9 Å². The minimum absolute atomic E-state index is 0.254. The van der Waals surface area contributed by atoms with Gasteiger partial charge in [-0.2, -0.15) is 13.2 Å². The van der Waals surface area contributed by atoms with Crippen molar-refractivity contribution in [1.82, 2.24) is 0 Å². The van der Waals surface area contributed by atoms with Crippen molar-refractivity contribution in [2.45, 2.75) is 6.18 Å². The molecule has 2 aromatic carbocycles. The second-order valence-electron chi connectivity index (χ2n) is 3.99. The molecule has 0 aromatic heterocycles. The average Bonchev–Trinajstić information content (AvgIpc) is 2.40. The first kappa shape index (κ1) is 15.3. The van der Waals surface area contributed by atoms with Crippen molar-refractivity contribution in [2.24, 2.45) is 0 Å². The maximum Gasteiger partial charge on any atom is 0.416 e. The number of hydrogen-bond donors (Lipinski definition) is 0. The van der Waals surface area contributed by atoms with E-state index >= 15 is 0 Å². The topological polar surface area (TPSA) is 52.4 Å². The lowest BCUT2D eigenvalue weighted by Gasteiger charge is -2.10. The van der Waals surface area contributed by atoms with E-state index < -0.39 is 22.4 Å². The molecular formula is C13H7BrF3NO3. The van der Waals surface area contributed by atoms with Crippen molar-refractivity contribution >= 4 is 21.6 Å². The summed E-state index contributed by atoms with van der Waals surface area (Å²) >= 11 is 3.21. The highest BCUT2D eigenvalue weighted by atomic mass is 79.9. The van der Waals surface area contributed by atoms with Crippen LogP contribution in [-0.4, -0.2) is 4.92 Å². The summed E-state index contributed by atoms with van der Waals surface area (Å²) in [6, 6.07) is 8.48. The van der Waals surface area contributed by atoms with Gasteiger partial charge in [-0.1, -0.05) is 15.9 Å². The number of nitrogens with zero attached hydrogens (tertiary/aromatic N) is 1. The molecule has 0 saturated heterocycles. The summed E-state index contributed by atoms with van der Waals surface area (Å²) in [7, 11) is 0. The third-order valence-electron chi connectivity index (χ3n) is 2.52. The van der Waals surface area contributed by atoms with E-state index in [4.69, 9.17) is 4.74 Å². The Morgan fingerprint density at radius 2 is 1.71 bits per heavy atom. The average molecular weight is 362 g/mol. The Morgan fingerprint density at radius 1 is 1.10 bits per heavy atom. The second kappa shape index (κ2) is 5.72. The van der Waals surface area contributed by atoms with Gasteiger partial charge >= 0.3 is 11.9 Å². The fourth-order valence-electron chi connectivity index (χ4n) is 1.55. The molecule has 0 aliphatic rings. The van der Waals surface area contributed by atoms with Crippen LogP contribution in [0.25, 0.3) is 0 Å². The lowest BCUT2D eigenvalue weighted by Crippen LogP contribution is -2.06. The smallest absolute Gasteiger partial charge is 0.416 e. The molecule has 110 valence electrons. The number of rotatable bonds is 3. The normalized spacial score (nSPS) is 11.2. The van der Waals surface area contributed by atoms with Crippen LogP contribution >= 0.6 is 15.9 Å². The molecule has 0 fully saturated rings. The van der Waals surface area contributed by atoms with Crippen molar-refractivity contribution in [1.29, 1.82) is 0 Å². The zero-order valence-electron chi connectivity index (χ0n) is 10.2. The summed E-state index contributed by atoms with van der Waals surface area (Å²) in [5.74, 6) is 0.0244. The summed E-state index contributed by atoms with van der Waals surface area (Å²) in [6.45, 7) is 0. The molecule has 0 saturated carbocycles. The summed E-state index contributed by atoms with van der Waals surface area (Å²) < 4.78 is 43.7. The summed E-state index contributed by atoms with van der Waals surface area (Å²) in [5.41, 5.74) is -1.84. The minimum atomic E-state index is -4.65. The van der Waals surface area contributed by atoms with Crippen LogP contribution in [0.15, 0.2) is 46.9 Å². The molecule has 4 nitrogen and oxygen atoms in total. The van der Waals surface area contributed by atoms with E-state index in [-0.39, 0.29) is 11.5 Å². The lowest BCUT2D eigenvalue weighted by molar-refractivity contribution is -0.385. The molecule has 0 bridgehead atoms. The highest BCUT2D eigenvalue weighted by Crippen LogP contribution is 2.37. The maximum absolute atomic E-state index is 12.6. The van der Waals surface area contributed by atoms with Gasteiger partial charge < -0.3 is 4.74 Å². The van der Waals surface area contributed by atoms with E-state index in [1.807, 2.05) is 0 Å². The predicted molar refractivity (Wildman–Crippen MR) is 72.3 cm³/mol. The van der Waals surface area contributed by atoms with Gasteiger partial charge in [0.1, 0.15) is 5.75 Å². The Hall–Kier alpha value is -2.09. The number of hydrogen-bond acceptors (Lipinski definition) is 3. The molecule has 0 heterocycles. The van der Waals surface area contributed by atoms with Gasteiger partial charge in [0, 0.05) is 10.5 Å². The molecule has 0 aliphatic heterocycles. The lowest BCUT2D eigenvalue weighted by atomic mass is 10.2. The van der Waals surface area contributed by atoms with Gasteiger partial charge in [0.15, 0.2) is 0 Å². The molecule has 0 amide bonds. The Labute approximate surface area is 125 Å². The van der Waals surface area contributed by atoms with Gasteiger partial charge in [0.25, 0.3) is 0 Å². The van der Waals surface area contributed by atoms with Crippen LogP contribution in [0.5, 0.6) is 11.5 Å². The predicted octanol–water partition coefficient (Wildman–Crippen LogP) is 5.17. The molecule has 2 aromatic rings. The Morgan fingerprint density at radius 3 is 2.24 bits per heavy atom. The second-order valence-corrected chi connectivity index (χ2v) is 4.91. The zero-order valence-corrected chi connectivity index (χ0v) is 11.8. The van der Waals surface area contributed by atoms with Crippen molar-refractivity contribution in [2.75, 3.05) is 0 Å². The van der Waals surface area contributed by atoms with Crippen molar-refractivity contribution in [3.8, 4) is 11.5 Å². The van der Waals surface area contributed by atoms with E-state index in [1.54, 1.807) is 12.1 Å². The highest BCUT2D eigenvalue weighted by Gasteiger charge is 2.33. The van der Waals surface area contributed by atoms with Gasteiger partial charge in [-0.3, -0.25) is 10.1 Å². The Balaban J connectivity index is 2.39. The molecule has 0 aliphatic carbocycles. The molecule has 0 N–H and O–H groups in total. The zero-order chi connectivity index (χ0) is 15.6. The van der Waals surface area contributed by atoms with Crippen LogP contribution in [0.1, 0.15) is 5.56 Å². The molecular weight excluding hydrogens is 355 g/mol. The van der Waals surface area contributed by atoms with Crippen LogP contribution in [0.4, 0.5) is 18.9 Å². The van der Waals surface area contributed by atoms with E-state index in [0.717, 1.165) is 16.6 Å². The van der Waals surface area contributed by atoms with Gasteiger partial charge in [-0.15, -0.1) is 0 Å². The molecule has 21 heavy (non-hydrogen) atoms. The van der Waals surface area contributed by atoms with Crippen LogP contribution in [0, 0.1) is 10.1 Å².